The second-order valence-electron chi connectivity index (χ2n) is 9.25. The number of aromatic nitrogens is 2. The number of piperidine rings is 1. The first-order valence-electron chi connectivity index (χ1n) is 12.1. The van der Waals surface area contributed by atoms with E-state index in [1.165, 1.54) is 10.4 Å². The average Bonchev–Trinajstić information content (AvgIpc) is 2.89. The fourth-order valence-electron chi connectivity index (χ4n) is 4.52. The van der Waals surface area contributed by atoms with E-state index in [-0.39, 0.29) is 11.4 Å². The Morgan fingerprint density at radius 3 is 2.42 bits per heavy atom. The maximum Gasteiger partial charge on any atom is 0.243 e. The minimum absolute atomic E-state index is 0.118. The number of benzene rings is 2. The third-order valence-electron chi connectivity index (χ3n) is 6.75. The van der Waals surface area contributed by atoms with Crippen LogP contribution in [0.25, 0.3) is 0 Å². The summed E-state index contributed by atoms with van der Waals surface area (Å²) < 4.78 is 39.7. The number of halogens is 1. The second kappa shape index (κ2) is 10.2. The molecule has 8 nitrogen and oxygen atoms in total. The minimum atomic E-state index is -3.75. The van der Waals surface area contributed by atoms with Gasteiger partial charge in [0.1, 0.15) is 11.5 Å². The van der Waals surface area contributed by atoms with Gasteiger partial charge in [0.2, 0.25) is 21.9 Å². The van der Waals surface area contributed by atoms with Gasteiger partial charge in [-0.3, -0.25) is 0 Å². The Morgan fingerprint density at radius 2 is 1.72 bits per heavy atom. The molecule has 0 amide bonds. The Balaban J connectivity index is 1.50. The molecule has 0 atom stereocenters. The monoisotopic (exact) mass is 528 g/mol. The van der Waals surface area contributed by atoms with Gasteiger partial charge in [-0.25, -0.2) is 13.4 Å². The molecule has 1 fully saturated rings. The molecule has 2 aliphatic rings. The van der Waals surface area contributed by atoms with E-state index in [1.807, 2.05) is 12.1 Å². The third kappa shape index (κ3) is 5.14. The standard InChI is InChI=1S/C26H29ClN4O4S/c1-18-10-13-30(14-11-18)26-28-24-12-15-31(36(32,33)22-5-3-4-19(27)16-22)17-23(24)25(29-26)35-21-8-6-20(34-2)7-9-21/h3-9,16,18H,10-15,17H2,1-2H3. The molecular formula is C26H29ClN4O4S. The van der Waals surface area contributed by atoms with Crippen molar-refractivity contribution in [1.82, 2.24) is 14.3 Å². The third-order valence-corrected chi connectivity index (χ3v) is 8.83. The molecule has 0 radical (unpaired) electrons. The molecule has 3 aromatic rings. The maximum atomic E-state index is 13.4. The molecule has 0 N–H and O–H groups in total. The Bertz CT molecular complexity index is 1340. The van der Waals surface area contributed by atoms with Crippen LogP contribution in [-0.4, -0.2) is 49.4 Å². The number of hydrogen-bond acceptors (Lipinski definition) is 7. The first-order chi connectivity index (χ1) is 17.3. The molecule has 190 valence electrons. The fourth-order valence-corrected chi connectivity index (χ4v) is 6.23. The molecule has 0 aliphatic carbocycles. The van der Waals surface area contributed by atoms with Crippen molar-refractivity contribution in [2.45, 2.75) is 37.6 Å². The van der Waals surface area contributed by atoms with Crippen molar-refractivity contribution >= 4 is 27.6 Å². The molecule has 1 aromatic heterocycles. The summed E-state index contributed by atoms with van der Waals surface area (Å²) >= 11 is 6.07. The van der Waals surface area contributed by atoms with Gasteiger partial charge >= 0.3 is 0 Å². The van der Waals surface area contributed by atoms with E-state index in [2.05, 4.69) is 11.8 Å². The highest BCUT2D eigenvalue weighted by Crippen LogP contribution is 2.35. The molecule has 2 aliphatic heterocycles. The van der Waals surface area contributed by atoms with Gasteiger partial charge in [-0.1, -0.05) is 24.6 Å². The van der Waals surface area contributed by atoms with E-state index in [0.29, 0.717) is 52.8 Å². The van der Waals surface area contributed by atoms with Gasteiger partial charge in [0.25, 0.3) is 0 Å². The smallest absolute Gasteiger partial charge is 0.243 e. The van der Waals surface area contributed by atoms with Crippen LogP contribution >= 0.6 is 11.6 Å². The van der Waals surface area contributed by atoms with Gasteiger partial charge in [0, 0.05) is 37.6 Å². The zero-order chi connectivity index (χ0) is 25.3. The normalized spacial score (nSPS) is 17.0. The molecule has 1 saturated heterocycles. The van der Waals surface area contributed by atoms with Crippen LogP contribution in [0.2, 0.25) is 5.02 Å². The number of methoxy groups -OCH3 is 1. The van der Waals surface area contributed by atoms with Gasteiger partial charge in [-0.2, -0.15) is 9.29 Å². The van der Waals surface area contributed by atoms with E-state index in [9.17, 15) is 8.42 Å². The summed E-state index contributed by atoms with van der Waals surface area (Å²) in [6.45, 7) is 4.47. The summed E-state index contributed by atoms with van der Waals surface area (Å²) in [5.41, 5.74) is 1.50. The van der Waals surface area contributed by atoms with E-state index in [1.54, 1.807) is 37.4 Å². The van der Waals surface area contributed by atoms with Gasteiger partial charge in [-0.15, -0.1) is 0 Å². The Labute approximate surface area is 216 Å². The van der Waals surface area contributed by atoms with Crippen molar-refractivity contribution in [2.24, 2.45) is 5.92 Å². The molecule has 5 rings (SSSR count). The summed E-state index contributed by atoms with van der Waals surface area (Å²) in [7, 11) is -2.14. The van der Waals surface area contributed by atoms with E-state index < -0.39 is 10.0 Å². The number of anilines is 1. The highest BCUT2D eigenvalue weighted by molar-refractivity contribution is 7.89. The molecule has 36 heavy (non-hydrogen) atoms. The number of fused-ring (bicyclic) bond motifs is 1. The van der Waals surface area contributed by atoms with Gasteiger partial charge in [0.05, 0.1) is 23.3 Å². The summed E-state index contributed by atoms with van der Waals surface area (Å²) in [5.74, 6) is 3.00. The Hall–Kier alpha value is -2.88. The molecule has 10 heteroatoms. The van der Waals surface area contributed by atoms with Crippen molar-refractivity contribution in [2.75, 3.05) is 31.6 Å². The lowest BCUT2D eigenvalue weighted by Gasteiger charge is -2.33. The average molecular weight is 529 g/mol. The number of ether oxygens (including phenoxy) is 2. The summed E-state index contributed by atoms with van der Waals surface area (Å²) in [4.78, 5) is 12.0. The highest BCUT2D eigenvalue weighted by atomic mass is 35.5. The molecule has 0 spiro atoms. The lowest BCUT2D eigenvalue weighted by atomic mass is 9.99. The quantitative estimate of drug-likeness (QED) is 0.449. The zero-order valence-electron chi connectivity index (χ0n) is 20.4. The fraction of sp³-hybridized carbons (Fsp3) is 0.385. The van der Waals surface area contributed by atoms with E-state index in [4.69, 9.17) is 31.0 Å². The minimum Gasteiger partial charge on any atom is -0.497 e. The van der Waals surface area contributed by atoms with Crippen LogP contribution in [0.5, 0.6) is 17.4 Å². The van der Waals surface area contributed by atoms with Crippen molar-refractivity contribution in [3.05, 3.63) is 64.8 Å². The van der Waals surface area contributed by atoms with Gasteiger partial charge < -0.3 is 14.4 Å². The molecular weight excluding hydrogens is 500 g/mol. The number of rotatable bonds is 6. The first-order valence-corrected chi connectivity index (χ1v) is 13.9. The van der Waals surface area contributed by atoms with Crippen molar-refractivity contribution in [1.29, 1.82) is 0 Å². The van der Waals surface area contributed by atoms with Crippen molar-refractivity contribution in [3.63, 3.8) is 0 Å². The second-order valence-corrected chi connectivity index (χ2v) is 11.6. The predicted molar refractivity (Wildman–Crippen MR) is 138 cm³/mol. The molecule has 0 unspecified atom stereocenters. The zero-order valence-corrected chi connectivity index (χ0v) is 21.9. The number of sulfonamides is 1. The van der Waals surface area contributed by atoms with Crippen LogP contribution in [0.4, 0.5) is 5.95 Å². The van der Waals surface area contributed by atoms with E-state index >= 15 is 0 Å². The summed E-state index contributed by atoms with van der Waals surface area (Å²) in [5, 5.41) is 0.376. The molecule has 0 bridgehead atoms. The van der Waals surface area contributed by atoms with Crippen LogP contribution in [0.3, 0.4) is 0 Å². The lowest BCUT2D eigenvalue weighted by Crippen LogP contribution is -2.38. The van der Waals surface area contributed by atoms with Crippen LogP contribution in [0.1, 0.15) is 31.0 Å². The largest absolute Gasteiger partial charge is 0.497 e. The molecule has 3 heterocycles. The summed E-state index contributed by atoms with van der Waals surface area (Å²) in [6, 6.07) is 13.6. The van der Waals surface area contributed by atoms with Crippen LogP contribution < -0.4 is 14.4 Å². The van der Waals surface area contributed by atoms with Gasteiger partial charge in [-0.05, 0) is 61.2 Å². The lowest BCUT2D eigenvalue weighted by molar-refractivity contribution is 0.367. The van der Waals surface area contributed by atoms with E-state index in [0.717, 1.165) is 31.6 Å². The number of hydrogen-bond donors (Lipinski definition) is 0. The predicted octanol–water partition coefficient (Wildman–Crippen LogP) is 4.91. The maximum absolute atomic E-state index is 13.4. The van der Waals surface area contributed by atoms with Crippen molar-refractivity contribution in [3.8, 4) is 17.4 Å². The topological polar surface area (TPSA) is 84.9 Å². The Kier molecular flexibility index (Phi) is 7.05. The summed E-state index contributed by atoms with van der Waals surface area (Å²) in [6.07, 6.45) is 2.63. The highest BCUT2D eigenvalue weighted by Gasteiger charge is 2.33. The van der Waals surface area contributed by atoms with Gasteiger partial charge in [0.15, 0.2) is 0 Å². The number of nitrogens with zero attached hydrogens (tertiary/aromatic N) is 4. The van der Waals surface area contributed by atoms with Crippen molar-refractivity contribution < 1.29 is 17.9 Å². The first kappa shape index (κ1) is 24.8. The van der Waals surface area contributed by atoms with Crippen LogP contribution in [-0.2, 0) is 23.0 Å². The Morgan fingerprint density at radius 1 is 1.00 bits per heavy atom. The SMILES string of the molecule is COc1ccc(Oc2nc(N3CCC(C)CC3)nc3c2CN(S(=O)(=O)c2cccc(Cl)c2)CC3)cc1. The van der Waals surface area contributed by atoms with Crippen LogP contribution in [0.15, 0.2) is 53.4 Å². The van der Waals surface area contributed by atoms with Crippen LogP contribution in [0, 0.1) is 5.92 Å². The molecule has 0 saturated carbocycles. The molecule has 2 aromatic carbocycles.